The molecule has 3 aromatic rings. The van der Waals surface area contributed by atoms with Gasteiger partial charge in [0.2, 0.25) is 0 Å². The maximum atomic E-state index is 9.34. The minimum Gasteiger partial charge on any atom is -0.508 e. The second kappa shape index (κ2) is 5.76. The van der Waals surface area contributed by atoms with Gasteiger partial charge in [0.05, 0.1) is 11.4 Å². The van der Waals surface area contributed by atoms with Gasteiger partial charge < -0.3 is 20.3 Å². The average Bonchev–Trinajstić information content (AvgIpc) is 3.05. The van der Waals surface area contributed by atoms with Crippen LogP contribution in [0.15, 0.2) is 59.3 Å². The molecule has 0 radical (unpaired) electrons. The quantitative estimate of drug-likeness (QED) is 0.412. The Labute approximate surface area is 125 Å². The fourth-order valence-electron chi connectivity index (χ4n) is 1.89. The Morgan fingerprint density at radius 1 is 0.810 bits per heavy atom. The molecule has 2 aromatic carbocycles. The SMILES string of the molecule is Oc1ccc2c(c1)Nc1ccc(O)cc1O2.c1ccsc1. The van der Waals surface area contributed by atoms with Crippen LogP contribution in [0.4, 0.5) is 11.4 Å². The van der Waals surface area contributed by atoms with Gasteiger partial charge in [-0.1, -0.05) is 12.1 Å². The van der Waals surface area contributed by atoms with Gasteiger partial charge in [-0.15, -0.1) is 0 Å². The predicted molar refractivity (Wildman–Crippen MR) is 83.9 cm³/mol. The third kappa shape index (κ3) is 3.09. The summed E-state index contributed by atoms with van der Waals surface area (Å²) >= 11 is 1.71. The zero-order valence-corrected chi connectivity index (χ0v) is 11.8. The van der Waals surface area contributed by atoms with Gasteiger partial charge in [0, 0.05) is 12.1 Å². The predicted octanol–water partition coefficient (Wildman–Crippen LogP) is 4.70. The molecule has 0 atom stereocenters. The van der Waals surface area contributed by atoms with Crippen LogP contribution in [-0.4, -0.2) is 10.2 Å². The van der Waals surface area contributed by atoms with Gasteiger partial charge in [-0.05, 0) is 35.0 Å². The van der Waals surface area contributed by atoms with Gasteiger partial charge >= 0.3 is 0 Å². The van der Waals surface area contributed by atoms with Gasteiger partial charge in [-0.3, -0.25) is 0 Å². The molecule has 0 saturated carbocycles. The Morgan fingerprint density at radius 2 is 1.52 bits per heavy atom. The van der Waals surface area contributed by atoms with E-state index in [-0.39, 0.29) is 11.5 Å². The highest BCUT2D eigenvalue weighted by molar-refractivity contribution is 7.07. The van der Waals surface area contributed by atoms with E-state index < -0.39 is 0 Å². The number of hydrogen-bond donors (Lipinski definition) is 3. The van der Waals surface area contributed by atoms with Crippen molar-refractivity contribution in [2.75, 3.05) is 5.32 Å². The second-order valence-corrected chi connectivity index (χ2v) is 5.20. The summed E-state index contributed by atoms with van der Waals surface area (Å²) in [6.07, 6.45) is 0. The molecule has 0 saturated heterocycles. The monoisotopic (exact) mass is 299 g/mol. The smallest absolute Gasteiger partial charge is 0.154 e. The van der Waals surface area contributed by atoms with E-state index >= 15 is 0 Å². The molecule has 1 aromatic heterocycles. The Hall–Kier alpha value is -2.66. The molecule has 0 bridgehead atoms. The van der Waals surface area contributed by atoms with Crippen molar-refractivity contribution in [1.29, 1.82) is 0 Å². The van der Waals surface area contributed by atoms with Crippen LogP contribution in [0.5, 0.6) is 23.0 Å². The van der Waals surface area contributed by atoms with Crippen LogP contribution < -0.4 is 10.1 Å². The third-order valence-electron chi connectivity index (χ3n) is 2.84. The molecule has 0 unspecified atom stereocenters. The number of fused-ring (bicyclic) bond motifs is 2. The van der Waals surface area contributed by atoms with Crippen LogP contribution in [0, 0.1) is 0 Å². The van der Waals surface area contributed by atoms with E-state index in [2.05, 4.69) is 5.32 Å². The summed E-state index contributed by atoms with van der Waals surface area (Å²) in [5, 5.41) is 25.9. The first-order chi connectivity index (χ1) is 10.2. The highest BCUT2D eigenvalue weighted by atomic mass is 32.1. The van der Waals surface area contributed by atoms with Crippen LogP contribution >= 0.6 is 11.3 Å². The molecule has 0 spiro atoms. The maximum Gasteiger partial charge on any atom is 0.154 e. The van der Waals surface area contributed by atoms with Gasteiger partial charge in [0.15, 0.2) is 11.5 Å². The van der Waals surface area contributed by atoms with Crippen molar-refractivity contribution in [2.45, 2.75) is 0 Å². The first kappa shape index (κ1) is 13.3. The summed E-state index contributed by atoms with van der Waals surface area (Å²) in [7, 11) is 0. The number of rotatable bonds is 0. The molecule has 3 N–H and O–H groups in total. The molecule has 5 heteroatoms. The van der Waals surface area contributed by atoms with E-state index in [0.29, 0.717) is 17.2 Å². The number of ether oxygens (including phenoxy) is 1. The van der Waals surface area contributed by atoms with Crippen molar-refractivity contribution in [1.82, 2.24) is 0 Å². The first-order valence-electron chi connectivity index (χ1n) is 6.30. The van der Waals surface area contributed by atoms with Crippen LogP contribution in [0.25, 0.3) is 0 Å². The minimum atomic E-state index is 0.155. The number of benzene rings is 2. The Morgan fingerprint density at radius 3 is 2.24 bits per heavy atom. The molecule has 0 amide bonds. The van der Waals surface area contributed by atoms with Gasteiger partial charge in [-0.2, -0.15) is 11.3 Å². The van der Waals surface area contributed by atoms with Crippen molar-refractivity contribution in [2.24, 2.45) is 0 Å². The summed E-state index contributed by atoms with van der Waals surface area (Å²) < 4.78 is 5.58. The van der Waals surface area contributed by atoms with Crippen molar-refractivity contribution in [3.05, 3.63) is 59.3 Å². The summed E-state index contributed by atoms with van der Waals surface area (Å²) in [5.74, 6) is 1.52. The van der Waals surface area contributed by atoms with Crippen molar-refractivity contribution >= 4 is 22.7 Å². The number of aromatic hydroxyl groups is 2. The summed E-state index contributed by atoms with van der Waals surface area (Å²) in [6.45, 7) is 0. The third-order valence-corrected chi connectivity index (χ3v) is 3.47. The molecule has 4 nitrogen and oxygen atoms in total. The molecule has 0 fully saturated rings. The largest absolute Gasteiger partial charge is 0.508 e. The molecule has 106 valence electrons. The average molecular weight is 299 g/mol. The lowest BCUT2D eigenvalue weighted by molar-refractivity contribution is 0.450. The minimum absolute atomic E-state index is 0.155. The van der Waals surface area contributed by atoms with E-state index in [4.69, 9.17) is 4.74 Å². The van der Waals surface area contributed by atoms with E-state index in [1.165, 1.54) is 6.07 Å². The number of phenolic OH excluding ortho intramolecular Hbond substituents is 2. The molecule has 21 heavy (non-hydrogen) atoms. The first-order valence-corrected chi connectivity index (χ1v) is 7.25. The number of anilines is 2. The highest BCUT2D eigenvalue weighted by Crippen LogP contribution is 2.44. The molecule has 1 aliphatic heterocycles. The second-order valence-electron chi connectivity index (χ2n) is 4.38. The van der Waals surface area contributed by atoms with Crippen molar-refractivity contribution in [3.63, 3.8) is 0 Å². The van der Waals surface area contributed by atoms with Crippen LogP contribution in [-0.2, 0) is 0 Å². The molecule has 2 heterocycles. The molecular weight excluding hydrogens is 286 g/mol. The molecule has 1 aliphatic rings. The standard InChI is InChI=1S/C12H9NO3.C4H4S/c14-7-2-4-11-10(5-7)13-9-3-1-8(15)6-12(9)16-11;1-2-4-5-3-1/h1-6,13-15H;1-4H. The Kier molecular flexibility index (Phi) is 3.66. The van der Waals surface area contributed by atoms with E-state index in [1.807, 2.05) is 22.9 Å². The fourth-order valence-corrected chi connectivity index (χ4v) is 2.35. The van der Waals surface area contributed by atoms with Crippen molar-refractivity contribution < 1.29 is 14.9 Å². The highest BCUT2D eigenvalue weighted by Gasteiger charge is 2.16. The topological polar surface area (TPSA) is 61.7 Å². The lowest BCUT2D eigenvalue weighted by Crippen LogP contribution is -2.02. The summed E-state index contributed by atoms with van der Waals surface area (Å²) in [6, 6.07) is 13.7. The van der Waals surface area contributed by atoms with Gasteiger partial charge in [-0.25, -0.2) is 0 Å². The fraction of sp³-hybridized carbons (Fsp3) is 0. The number of hydrogen-bond acceptors (Lipinski definition) is 5. The van der Waals surface area contributed by atoms with Crippen molar-refractivity contribution in [3.8, 4) is 23.0 Å². The van der Waals surface area contributed by atoms with Gasteiger partial charge in [0.1, 0.15) is 11.5 Å². The lowest BCUT2D eigenvalue weighted by Gasteiger charge is -2.21. The van der Waals surface area contributed by atoms with Crippen LogP contribution in [0.2, 0.25) is 0 Å². The van der Waals surface area contributed by atoms with Crippen LogP contribution in [0.1, 0.15) is 0 Å². The van der Waals surface area contributed by atoms with E-state index in [0.717, 1.165) is 5.69 Å². The zero-order chi connectivity index (χ0) is 14.7. The summed E-state index contributed by atoms with van der Waals surface area (Å²) in [4.78, 5) is 0. The number of phenols is 2. The zero-order valence-electron chi connectivity index (χ0n) is 11.0. The number of nitrogens with one attached hydrogen (secondary N) is 1. The van der Waals surface area contributed by atoms with Gasteiger partial charge in [0.25, 0.3) is 0 Å². The Bertz CT molecular complexity index is 673. The van der Waals surface area contributed by atoms with Crippen LogP contribution in [0.3, 0.4) is 0 Å². The van der Waals surface area contributed by atoms with E-state index in [9.17, 15) is 10.2 Å². The summed E-state index contributed by atoms with van der Waals surface area (Å²) in [5.41, 5.74) is 1.47. The lowest BCUT2D eigenvalue weighted by atomic mass is 10.2. The number of thiophene rings is 1. The molecule has 4 rings (SSSR count). The Balaban J connectivity index is 0.000000225. The normalized spacial score (nSPS) is 11.0. The molecular formula is C16H13NO3S. The maximum absolute atomic E-state index is 9.34. The molecule has 0 aliphatic carbocycles. The van der Waals surface area contributed by atoms with E-state index in [1.54, 1.807) is 41.7 Å².